The van der Waals surface area contributed by atoms with Gasteiger partial charge in [-0.1, -0.05) is 0 Å². The maximum absolute atomic E-state index is 11.7. The Bertz CT molecular complexity index is 439. The molecule has 104 valence electrons. The number of nitrogens with two attached hydrogens (primary N) is 1. The second kappa shape index (κ2) is 6.78. The summed E-state index contributed by atoms with van der Waals surface area (Å²) in [6.07, 6.45) is -0.921. The zero-order valence-corrected chi connectivity index (χ0v) is 11.6. The van der Waals surface area contributed by atoms with Crippen molar-refractivity contribution in [3.8, 4) is 0 Å². The summed E-state index contributed by atoms with van der Waals surface area (Å²) >= 11 is 0. The van der Waals surface area contributed by atoms with Crippen LogP contribution in [-0.2, 0) is 9.53 Å². The highest BCUT2D eigenvalue weighted by atomic mass is 16.5. The second-order valence-electron chi connectivity index (χ2n) is 4.17. The molecule has 0 spiro atoms. The first kappa shape index (κ1) is 15.0. The van der Waals surface area contributed by atoms with Gasteiger partial charge >= 0.3 is 5.97 Å². The van der Waals surface area contributed by atoms with Crippen molar-refractivity contribution in [1.29, 1.82) is 0 Å². The van der Waals surface area contributed by atoms with Gasteiger partial charge in [-0.2, -0.15) is 0 Å². The van der Waals surface area contributed by atoms with E-state index in [0.29, 0.717) is 5.56 Å². The van der Waals surface area contributed by atoms with Gasteiger partial charge in [0, 0.05) is 18.8 Å². The molecule has 5 heteroatoms. The molecule has 0 aromatic heterocycles. The van der Waals surface area contributed by atoms with Crippen LogP contribution >= 0.6 is 0 Å². The van der Waals surface area contributed by atoms with Gasteiger partial charge in [-0.25, -0.2) is 4.79 Å². The van der Waals surface area contributed by atoms with Crippen LogP contribution in [0.2, 0.25) is 0 Å². The number of hydrogen-bond donors (Lipinski definition) is 1. The minimum Gasteiger partial charge on any atom is -0.449 e. The Morgan fingerprint density at radius 3 is 2.16 bits per heavy atom. The Morgan fingerprint density at radius 1 is 1.21 bits per heavy atom. The molecule has 0 saturated heterocycles. The van der Waals surface area contributed by atoms with Crippen LogP contribution < -0.4 is 10.6 Å². The topological polar surface area (TPSA) is 72.6 Å². The molecule has 0 saturated carbocycles. The molecule has 0 aliphatic heterocycles. The average Bonchev–Trinajstić information content (AvgIpc) is 2.40. The van der Waals surface area contributed by atoms with Gasteiger partial charge in [0.25, 0.3) is 5.91 Å². The molecule has 19 heavy (non-hydrogen) atoms. The standard InChI is InChI=1S/C14H20N2O3/c1-4-16(5-2)12-8-6-11(7-9-12)14(18)19-10(3)13(15)17/h6-10H,4-5H2,1-3H3,(H2,15,17). The number of amides is 1. The summed E-state index contributed by atoms with van der Waals surface area (Å²) in [6, 6.07) is 7.09. The zero-order chi connectivity index (χ0) is 14.4. The summed E-state index contributed by atoms with van der Waals surface area (Å²) in [5.74, 6) is -1.20. The van der Waals surface area contributed by atoms with Gasteiger partial charge in [0.15, 0.2) is 6.10 Å². The molecule has 0 fully saturated rings. The maximum Gasteiger partial charge on any atom is 0.338 e. The first-order valence-corrected chi connectivity index (χ1v) is 6.34. The number of primary amides is 1. The largest absolute Gasteiger partial charge is 0.449 e. The van der Waals surface area contributed by atoms with Crippen LogP contribution in [0.5, 0.6) is 0 Å². The van der Waals surface area contributed by atoms with E-state index in [4.69, 9.17) is 10.5 Å². The van der Waals surface area contributed by atoms with E-state index in [1.54, 1.807) is 12.1 Å². The normalized spacial score (nSPS) is 11.7. The Kier molecular flexibility index (Phi) is 5.36. The predicted molar refractivity (Wildman–Crippen MR) is 74.1 cm³/mol. The lowest BCUT2D eigenvalue weighted by atomic mass is 10.2. The second-order valence-corrected chi connectivity index (χ2v) is 4.17. The minimum atomic E-state index is -0.921. The molecular weight excluding hydrogens is 244 g/mol. The molecule has 1 aromatic rings. The number of nitrogens with zero attached hydrogens (tertiary/aromatic N) is 1. The van der Waals surface area contributed by atoms with Crippen LogP contribution in [0.1, 0.15) is 31.1 Å². The molecule has 1 rings (SSSR count). The summed E-state index contributed by atoms with van der Waals surface area (Å²) < 4.78 is 4.92. The summed E-state index contributed by atoms with van der Waals surface area (Å²) in [7, 11) is 0. The van der Waals surface area contributed by atoms with Gasteiger partial charge in [-0.05, 0) is 45.0 Å². The number of hydrogen-bond acceptors (Lipinski definition) is 4. The van der Waals surface area contributed by atoms with Crippen molar-refractivity contribution < 1.29 is 14.3 Å². The lowest BCUT2D eigenvalue weighted by Gasteiger charge is -2.21. The van der Waals surface area contributed by atoms with Gasteiger partial charge < -0.3 is 15.4 Å². The summed E-state index contributed by atoms with van der Waals surface area (Å²) in [4.78, 5) is 24.7. The predicted octanol–water partition coefficient (Wildman–Crippen LogP) is 1.56. The molecule has 1 amide bonds. The third-order valence-electron chi connectivity index (χ3n) is 2.92. The van der Waals surface area contributed by atoms with Crippen molar-refractivity contribution in [3.05, 3.63) is 29.8 Å². The zero-order valence-electron chi connectivity index (χ0n) is 11.6. The van der Waals surface area contributed by atoms with Crippen LogP contribution in [0.3, 0.4) is 0 Å². The summed E-state index contributed by atoms with van der Waals surface area (Å²) in [5, 5.41) is 0. The highest BCUT2D eigenvalue weighted by Crippen LogP contribution is 2.15. The Hall–Kier alpha value is -2.04. The maximum atomic E-state index is 11.7. The fraction of sp³-hybridized carbons (Fsp3) is 0.429. The molecule has 0 aliphatic rings. The van der Waals surface area contributed by atoms with Crippen LogP contribution in [0.15, 0.2) is 24.3 Å². The molecule has 5 nitrogen and oxygen atoms in total. The third-order valence-corrected chi connectivity index (χ3v) is 2.92. The molecule has 0 bridgehead atoms. The Morgan fingerprint density at radius 2 is 1.74 bits per heavy atom. The molecule has 1 aromatic carbocycles. The number of anilines is 1. The highest BCUT2D eigenvalue weighted by molar-refractivity contribution is 5.92. The monoisotopic (exact) mass is 264 g/mol. The number of esters is 1. The first-order chi connectivity index (χ1) is 8.99. The van der Waals surface area contributed by atoms with Crippen molar-refractivity contribution in [2.45, 2.75) is 26.9 Å². The fourth-order valence-corrected chi connectivity index (χ4v) is 1.68. The van der Waals surface area contributed by atoms with E-state index in [1.165, 1.54) is 6.92 Å². The van der Waals surface area contributed by atoms with E-state index in [2.05, 4.69) is 18.7 Å². The van der Waals surface area contributed by atoms with Crippen molar-refractivity contribution in [2.75, 3.05) is 18.0 Å². The van der Waals surface area contributed by atoms with Crippen molar-refractivity contribution >= 4 is 17.6 Å². The Labute approximate surface area is 113 Å². The Balaban J connectivity index is 2.76. The SMILES string of the molecule is CCN(CC)c1ccc(C(=O)OC(C)C(N)=O)cc1. The van der Waals surface area contributed by atoms with Crippen molar-refractivity contribution in [2.24, 2.45) is 5.73 Å². The number of benzene rings is 1. The third kappa shape index (κ3) is 3.98. The van der Waals surface area contributed by atoms with Crippen LogP contribution in [-0.4, -0.2) is 31.1 Å². The number of ether oxygens (including phenoxy) is 1. The quantitative estimate of drug-likeness (QED) is 0.791. The van der Waals surface area contributed by atoms with Crippen LogP contribution in [0, 0.1) is 0 Å². The number of carbonyl (C=O) groups excluding carboxylic acids is 2. The smallest absolute Gasteiger partial charge is 0.338 e. The molecule has 0 aliphatic carbocycles. The fourth-order valence-electron chi connectivity index (χ4n) is 1.68. The van der Waals surface area contributed by atoms with Gasteiger partial charge in [0.2, 0.25) is 0 Å². The molecule has 0 heterocycles. The molecule has 1 atom stereocenters. The van der Waals surface area contributed by atoms with Crippen LogP contribution in [0.25, 0.3) is 0 Å². The summed E-state index contributed by atoms with van der Waals surface area (Å²) in [6.45, 7) is 7.39. The highest BCUT2D eigenvalue weighted by Gasteiger charge is 2.16. The van der Waals surface area contributed by atoms with Crippen LogP contribution in [0.4, 0.5) is 5.69 Å². The van der Waals surface area contributed by atoms with Crippen molar-refractivity contribution in [3.63, 3.8) is 0 Å². The van der Waals surface area contributed by atoms with E-state index < -0.39 is 18.0 Å². The molecular formula is C14H20N2O3. The number of carbonyl (C=O) groups is 2. The van der Waals surface area contributed by atoms with Crippen molar-refractivity contribution in [1.82, 2.24) is 0 Å². The van der Waals surface area contributed by atoms with E-state index in [0.717, 1.165) is 18.8 Å². The van der Waals surface area contributed by atoms with E-state index in [-0.39, 0.29) is 0 Å². The lowest BCUT2D eigenvalue weighted by Crippen LogP contribution is -2.30. The molecule has 0 radical (unpaired) electrons. The van der Waals surface area contributed by atoms with Gasteiger partial charge in [-0.3, -0.25) is 4.79 Å². The van der Waals surface area contributed by atoms with E-state index in [1.807, 2.05) is 12.1 Å². The lowest BCUT2D eigenvalue weighted by molar-refractivity contribution is -0.125. The first-order valence-electron chi connectivity index (χ1n) is 6.34. The van der Waals surface area contributed by atoms with E-state index >= 15 is 0 Å². The van der Waals surface area contributed by atoms with Gasteiger partial charge in [0.05, 0.1) is 5.56 Å². The molecule has 1 unspecified atom stereocenters. The number of rotatable bonds is 6. The molecule has 2 N–H and O–H groups in total. The minimum absolute atomic E-state index is 0.406. The van der Waals surface area contributed by atoms with Gasteiger partial charge in [0.1, 0.15) is 0 Å². The average molecular weight is 264 g/mol. The van der Waals surface area contributed by atoms with Gasteiger partial charge in [-0.15, -0.1) is 0 Å². The summed E-state index contributed by atoms with van der Waals surface area (Å²) in [5.41, 5.74) is 6.49. The van der Waals surface area contributed by atoms with E-state index in [9.17, 15) is 9.59 Å².